The molecule has 2 heterocycles. The van der Waals surface area contributed by atoms with Gasteiger partial charge in [-0.25, -0.2) is 0 Å². The molecule has 0 bridgehead atoms. The van der Waals surface area contributed by atoms with Crippen molar-refractivity contribution in [3.05, 3.63) is 63.7 Å². The Balaban J connectivity index is 1.97. The van der Waals surface area contributed by atoms with Gasteiger partial charge in [-0.05, 0) is 23.6 Å². The average molecular weight is 299 g/mol. The van der Waals surface area contributed by atoms with Gasteiger partial charge in [-0.2, -0.15) is 0 Å². The number of nitrogens with zero attached hydrogens (tertiary/aromatic N) is 2. The number of pyridine rings is 1. The Morgan fingerprint density at radius 1 is 1.24 bits per heavy atom. The fraction of sp³-hybridized carbons (Fsp3) is 0. The fourth-order valence-corrected chi connectivity index (χ4v) is 2.72. The number of carbonyl (C=O) groups is 1. The molecule has 2 aromatic heterocycles. The number of rotatable bonds is 3. The van der Waals surface area contributed by atoms with E-state index in [9.17, 15) is 14.9 Å². The van der Waals surface area contributed by atoms with Crippen molar-refractivity contribution in [3.63, 3.8) is 0 Å². The maximum absolute atomic E-state index is 12.2. The van der Waals surface area contributed by atoms with Crippen LogP contribution in [-0.2, 0) is 0 Å². The molecule has 0 aliphatic rings. The lowest BCUT2D eigenvalue weighted by atomic mass is 10.2. The molecule has 6 nitrogen and oxygen atoms in total. The number of para-hydroxylation sites is 1. The van der Waals surface area contributed by atoms with Crippen LogP contribution >= 0.6 is 11.3 Å². The molecule has 0 saturated carbocycles. The minimum absolute atomic E-state index is 0.0536. The van der Waals surface area contributed by atoms with Crippen molar-refractivity contribution in [1.29, 1.82) is 0 Å². The van der Waals surface area contributed by atoms with Gasteiger partial charge in [-0.3, -0.25) is 19.9 Å². The molecule has 0 fully saturated rings. The van der Waals surface area contributed by atoms with Crippen molar-refractivity contribution in [2.45, 2.75) is 0 Å². The van der Waals surface area contributed by atoms with E-state index >= 15 is 0 Å². The number of nitro groups is 1. The average Bonchev–Trinajstić information content (AvgIpc) is 2.97. The number of fused-ring (bicyclic) bond motifs is 1. The second-order valence-electron chi connectivity index (χ2n) is 4.23. The van der Waals surface area contributed by atoms with E-state index < -0.39 is 10.8 Å². The molecule has 0 unspecified atom stereocenters. The Labute approximate surface area is 123 Å². The third kappa shape index (κ3) is 2.46. The molecule has 21 heavy (non-hydrogen) atoms. The number of aromatic nitrogens is 1. The van der Waals surface area contributed by atoms with E-state index in [0.717, 1.165) is 16.7 Å². The molecule has 1 N–H and O–H groups in total. The molecule has 1 aromatic carbocycles. The number of nitrogens with one attached hydrogen (secondary N) is 1. The van der Waals surface area contributed by atoms with E-state index in [1.54, 1.807) is 24.4 Å². The Hall–Kier alpha value is -2.80. The molecule has 3 rings (SSSR count). The minimum atomic E-state index is -0.555. The van der Waals surface area contributed by atoms with Crippen LogP contribution in [0.3, 0.4) is 0 Å². The number of carbonyl (C=O) groups excluding carboxylic acids is 1. The second kappa shape index (κ2) is 5.29. The molecule has 0 aliphatic carbocycles. The predicted molar refractivity (Wildman–Crippen MR) is 80.7 cm³/mol. The van der Waals surface area contributed by atoms with E-state index in [2.05, 4.69) is 10.3 Å². The summed E-state index contributed by atoms with van der Waals surface area (Å²) in [6, 6.07) is 10.5. The molecular formula is C14H9N3O3S. The molecule has 0 radical (unpaired) electrons. The van der Waals surface area contributed by atoms with Crippen LogP contribution in [0.2, 0.25) is 0 Å². The largest absolute Gasteiger partial charge is 0.336 e. The van der Waals surface area contributed by atoms with Gasteiger partial charge in [0, 0.05) is 11.6 Å². The number of amides is 1. The number of hydrogen-bond donors (Lipinski definition) is 1. The van der Waals surface area contributed by atoms with E-state index in [1.165, 1.54) is 11.4 Å². The lowest BCUT2D eigenvalue weighted by Crippen LogP contribution is -2.13. The first-order valence-corrected chi connectivity index (χ1v) is 6.92. The highest BCUT2D eigenvalue weighted by Crippen LogP contribution is 2.27. The molecule has 104 valence electrons. The maximum Gasteiger partial charge on any atom is 0.336 e. The number of anilines is 1. The summed E-state index contributed by atoms with van der Waals surface area (Å²) in [6.07, 6.45) is 1.63. The van der Waals surface area contributed by atoms with Crippen LogP contribution in [0.5, 0.6) is 0 Å². The molecule has 0 saturated heterocycles. The van der Waals surface area contributed by atoms with Gasteiger partial charge < -0.3 is 5.32 Å². The van der Waals surface area contributed by atoms with Gasteiger partial charge in [-0.1, -0.05) is 29.5 Å². The molecule has 1 amide bonds. The van der Waals surface area contributed by atoms with Crippen molar-refractivity contribution < 1.29 is 9.72 Å². The normalized spacial score (nSPS) is 10.5. The third-order valence-electron chi connectivity index (χ3n) is 2.94. The van der Waals surface area contributed by atoms with E-state index in [0.29, 0.717) is 11.2 Å². The van der Waals surface area contributed by atoms with Crippen LogP contribution in [0.4, 0.5) is 10.7 Å². The lowest BCUT2D eigenvalue weighted by Gasteiger charge is -2.06. The Bertz CT molecular complexity index is 839. The van der Waals surface area contributed by atoms with E-state index in [4.69, 9.17) is 0 Å². The van der Waals surface area contributed by atoms with Crippen molar-refractivity contribution in [3.8, 4) is 0 Å². The molecule has 7 heteroatoms. The van der Waals surface area contributed by atoms with Crippen LogP contribution < -0.4 is 5.32 Å². The zero-order chi connectivity index (χ0) is 14.8. The van der Waals surface area contributed by atoms with E-state index in [-0.39, 0.29) is 10.6 Å². The van der Waals surface area contributed by atoms with Crippen LogP contribution in [0.15, 0.2) is 48.0 Å². The van der Waals surface area contributed by atoms with Gasteiger partial charge >= 0.3 is 5.00 Å². The van der Waals surface area contributed by atoms with Gasteiger partial charge in [0.05, 0.1) is 16.1 Å². The van der Waals surface area contributed by atoms with Crippen LogP contribution in [0, 0.1) is 10.1 Å². The summed E-state index contributed by atoms with van der Waals surface area (Å²) in [5.74, 6) is -0.513. The van der Waals surface area contributed by atoms with Gasteiger partial charge in [0.25, 0.3) is 5.91 Å². The van der Waals surface area contributed by atoms with Crippen LogP contribution in [0.25, 0.3) is 10.9 Å². The summed E-state index contributed by atoms with van der Waals surface area (Å²) < 4.78 is 0. The predicted octanol–water partition coefficient (Wildman–Crippen LogP) is 3.46. The highest BCUT2D eigenvalue weighted by Gasteiger charge is 2.22. The molecular weight excluding hydrogens is 290 g/mol. The Morgan fingerprint density at radius 2 is 2.05 bits per heavy atom. The quantitative estimate of drug-likeness (QED) is 0.593. The molecule has 0 spiro atoms. The molecule has 3 aromatic rings. The highest BCUT2D eigenvalue weighted by atomic mass is 32.1. The van der Waals surface area contributed by atoms with Crippen LogP contribution in [0.1, 0.15) is 10.4 Å². The summed E-state index contributed by atoms with van der Waals surface area (Å²) in [6.45, 7) is 0. The number of benzene rings is 1. The monoisotopic (exact) mass is 299 g/mol. The Morgan fingerprint density at radius 3 is 2.86 bits per heavy atom. The lowest BCUT2D eigenvalue weighted by molar-refractivity contribution is -0.380. The van der Waals surface area contributed by atoms with Crippen molar-refractivity contribution in [2.24, 2.45) is 0 Å². The second-order valence-corrected chi connectivity index (χ2v) is 5.13. The fourth-order valence-electron chi connectivity index (χ4n) is 2.01. The smallest absolute Gasteiger partial charge is 0.320 e. The number of hydrogen-bond acceptors (Lipinski definition) is 5. The first-order chi connectivity index (χ1) is 10.2. The Kier molecular flexibility index (Phi) is 3.33. The summed E-state index contributed by atoms with van der Waals surface area (Å²) >= 11 is 0.925. The van der Waals surface area contributed by atoms with Gasteiger partial charge in [0.15, 0.2) is 0 Å². The van der Waals surface area contributed by atoms with Gasteiger partial charge in [0.2, 0.25) is 0 Å². The van der Waals surface area contributed by atoms with Crippen molar-refractivity contribution >= 4 is 38.8 Å². The molecule has 0 atom stereocenters. The summed E-state index contributed by atoms with van der Waals surface area (Å²) in [5.41, 5.74) is 1.22. The SMILES string of the molecule is O=C(Nc1cccc2cccnc12)c1ccsc1[N+](=O)[O-]. The summed E-state index contributed by atoms with van der Waals surface area (Å²) in [4.78, 5) is 26.8. The summed E-state index contributed by atoms with van der Waals surface area (Å²) in [7, 11) is 0. The third-order valence-corrected chi connectivity index (χ3v) is 3.80. The van der Waals surface area contributed by atoms with Crippen molar-refractivity contribution in [2.75, 3.05) is 5.32 Å². The van der Waals surface area contributed by atoms with E-state index in [1.807, 2.05) is 12.1 Å². The first kappa shape index (κ1) is 13.2. The molecule has 0 aliphatic heterocycles. The van der Waals surface area contributed by atoms with Gasteiger partial charge in [-0.15, -0.1) is 0 Å². The highest BCUT2D eigenvalue weighted by molar-refractivity contribution is 7.13. The zero-order valence-electron chi connectivity index (χ0n) is 10.6. The maximum atomic E-state index is 12.2. The van der Waals surface area contributed by atoms with Crippen LogP contribution in [-0.4, -0.2) is 15.8 Å². The van der Waals surface area contributed by atoms with Crippen molar-refractivity contribution in [1.82, 2.24) is 4.98 Å². The summed E-state index contributed by atoms with van der Waals surface area (Å²) in [5, 5.41) is 15.8. The zero-order valence-corrected chi connectivity index (χ0v) is 11.5. The first-order valence-electron chi connectivity index (χ1n) is 6.04. The number of thiophene rings is 1. The standard InChI is InChI=1S/C14H9N3O3S/c18-13(10-6-8-21-14(10)17(19)20)16-11-5-1-3-9-4-2-7-15-12(9)11/h1-8H,(H,16,18). The minimum Gasteiger partial charge on any atom is -0.320 e. The van der Waals surface area contributed by atoms with Gasteiger partial charge in [0.1, 0.15) is 5.56 Å². The topological polar surface area (TPSA) is 85.1 Å².